The lowest BCUT2D eigenvalue weighted by molar-refractivity contribution is -0.276. The van der Waals surface area contributed by atoms with Crippen LogP contribution in [0.25, 0.3) is 0 Å². The fourth-order valence-electron chi connectivity index (χ4n) is 7.01. The topological polar surface area (TPSA) is 161 Å². The smallest absolute Gasteiger partial charge is 0.287 e. The van der Waals surface area contributed by atoms with Gasteiger partial charge in [0.05, 0.1) is 39.6 Å². The second kappa shape index (κ2) is 17.3. The fraction of sp³-hybridized carbons (Fsp3) is 0.390. The van der Waals surface area contributed by atoms with Crippen LogP contribution in [0.2, 0.25) is 0 Å². The van der Waals surface area contributed by atoms with Crippen LogP contribution >= 0.6 is 0 Å². The van der Waals surface area contributed by atoms with Crippen molar-refractivity contribution in [1.82, 2.24) is 5.32 Å². The molecule has 1 saturated carbocycles. The summed E-state index contributed by atoms with van der Waals surface area (Å²) in [6.45, 7) is 0.390. The first-order valence-corrected chi connectivity index (χ1v) is 17.9. The number of aliphatic hydroxyl groups excluding tert-OH is 3. The Balaban J connectivity index is 1.21. The molecule has 2 aliphatic heterocycles. The Labute approximate surface area is 308 Å². The molecular weight excluding hydrogens is 680 g/mol. The Morgan fingerprint density at radius 2 is 1.11 bits per heavy atom. The zero-order valence-corrected chi connectivity index (χ0v) is 29.2. The maximum atomic E-state index is 11.1. The minimum absolute atomic E-state index is 0.0504. The first-order chi connectivity index (χ1) is 25.9. The highest BCUT2D eigenvalue weighted by Gasteiger charge is 2.63. The van der Waals surface area contributed by atoms with Crippen LogP contribution in [0, 0.1) is 0 Å². The molecule has 2 fully saturated rings. The molecule has 1 aliphatic carbocycles. The number of hydrogen-bond donors (Lipinski definition) is 5. The molecule has 0 amide bonds. The van der Waals surface area contributed by atoms with Crippen LogP contribution in [-0.2, 0) is 54.8 Å². The van der Waals surface area contributed by atoms with E-state index in [1.54, 1.807) is 0 Å². The van der Waals surface area contributed by atoms with Crippen molar-refractivity contribution in [2.24, 2.45) is 4.99 Å². The maximum absolute atomic E-state index is 11.1. The Bertz CT molecular complexity index is 1740. The number of aliphatic hydroxyl groups is 4. The van der Waals surface area contributed by atoms with Crippen LogP contribution in [0.3, 0.4) is 0 Å². The molecule has 0 aromatic heterocycles. The maximum Gasteiger partial charge on any atom is 0.287 e. The lowest BCUT2D eigenvalue weighted by Crippen LogP contribution is -2.65. The summed E-state index contributed by atoms with van der Waals surface area (Å²) in [4.78, 5) is 4.48. The van der Waals surface area contributed by atoms with E-state index in [-0.39, 0.29) is 32.4 Å². The van der Waals surface area contributed by atoms with Crippen molar-refractivity contribution < 1.29 is 48.8 Å². The van der Waals surface area contributed by atoms with Gasteiger partial charge in [-0.05, 0) is 22.3 Å². The molecule has 12 nitrogen and oxygen atoms in total. The van der Waals surface area contributed by atoms with Gasteiger partial charge in [0, 0.05) is 0 Å². The summed E-state index contributed by atoms with van der Waals surface area (Å²) in [5.41, 5.74) is 1.75. The molecule has 4 aromatic carbocycles. The van der Waals surface area contributed by atoms with Crippen molar-refractivity contribution in [3.8, 4) is 0 Å². The summed E-state index contributed by atoms with van der Waals surface area (Å²) in [7, 11) is 0. The van der Waals surface area contributed by atoms with Crippen molar-refractivity contribution in [1.29, 1.82) is 0 Å². The highest BCUT2D eigenvalue weighted by atomic mass is 16.6. The summed E-state index contributed by atoms with van der Waals surface area (Å²) < 4.78 is 39.1. The van der Waals surface area contributed by atoms with Gasteiger partial charge in [0.1, 0.15) is 48.3 Å². The van der Waals surface area contributed by atoms with Crippen molar-refractivity contribution in [3.63, 3.8) is 0 Å². The minimum atomic E-state index is -2.10. The van der Waals surface area contributed by atoms with E-state index in [0.717, 1.165) is 22.3 Å². The van der Waals surface area contributed by atoms with Crippen LogP contribution in [0.5, 0.6) is 0 Å². The van der Waals surface area contributed by atoms with Gasteiger partial charge >= 0.3 is 0 Å². The lowest BCUT2D eigenvalue weighted by Gasteiger charge is -2.46. The van der Waals surface area contributed by atoms with E-state index in [9.17, 15) is 20.4 Å². The van der Waals surface area contributed by atoms with Gasteiger partial charge in [-0.3, -0.25) is 0 Å². The summed E-state index contributed by atoms with van der Waals surface area (Å²) in [5, 5.41) is 45.4. The van der Waals surface area contributed by atoms with E-state index < -0.39 is 67.2 Å². The van der Waals surface area contributed by atoms with E-state index in [1.165, 1.54) is 0 Å². The Morgan fingerprint density at radius 1 is 0.642 bits per heavy atom. The van der Waals surface area contributed by atoms with E-state index in [4.69, 9.17) is 28.4 Å². The molecular formula is C41H46N2O10. The molecule has 0 unspecified atom stereocenters. The monoisotopic (exact) mass is 726 g/mol. The first kappa shape index (κ1) is 37.1. The number of fused-ring (bicyclic) bond motifs is 1. The number of hydrogen-bond acceptors (Lipinski definition) is 12. The van der Waals surface area contributed by atoms with Gasteiger partial charge < -0.3 is 54.2 Å². The largest absolute Gasteiger partial charge is 0.457 e. The molecule has 3 aliphatic rings. The van der Waals surface area contributed by atoms with Crippen LogP contribution in [0.15, 0.2) is 126 Å². The van der Waals surface area contributed by atoms with Crippen molar-refractivity contribution in [3.05, 3.63) is 144 Å². The SMILES string of the molecule is OC[C@]1(O)[C@@H]2N=C(N[C@H]3O[C@H](COCc4ccccc4)[C@H](OCc4ccccc4)[C@H](OCc4ccccc4)[C@H]3OCc3ccccc3)O[C@@H]2[C@@H](O)[C@@H]1O. The van der Waals surface area contributed by atoms with Crippen LogP contribution in [0.1, 0.15) is 22.3 Å². The molecule has 53 heavy (non-hydrogen) atoms. The third-order valence-electron chi connectivity index (χ3n) is 9.90. The molecule has 0 bridgehead atoms. The molecule has 2 heterocycles. The second-order valence-corrected chi connectivity index (χ2v) is 13.6. The molecule has 0 radical (unpaired) electrons. The minimum Gasteiger partial charge on any atom is -0.457 e. The zero-order chi connectivity index (χ0) is 36.6. The summed E-state index contributed by atoms with van der Waals surface area (Å²) in [5.74, 6) is 0. The molecule has 10 atom stereocenters. The molecule has 12 heteroatoms. The quantitative estimate of drug-likeness (QED) is 0.123. The molecule has 1 saturated heterocycles. The number of ether oxygens (including phenoxy) is 6. The molecule has 7 rings (SSSR count). The molecule has 280 valence electrons. The van der Waals surface area contributed by atoms with E-state index in [0.29, 0.717) is 6.61 Å². The highest BCUT2D eigenvalue weighted by molar-refractivity contribution is 5.76. The van der Waals surface area contributed by atoms with Gasteiger partial charge in [-0.1, -0.05) is 121 Å². The lowest BCUT2D eigenvalue weighted by atomic mass is 9.96. The van der Waals surface area contributed by atoms with Crippen LogP contribution in [0.4, 0.5) is 0 Å². The van der Waals surface area contributed by atoms with Gasteiger partial charge in [0.15, 0.2) is 12.3 Å². The summed E-state index contributed by atoms with van der Waals surface area (Å²) >= 11 is 0. The van der Waals surface area contributed by atoms with E-state index in [1.807, 2.05) is 121 Å². The Morgan fingerprint density at radius 3 is 1.62 bits per heavy atom. The summed E-state index contributed by atoms with van der Waals surface area (Å²) in [6, 6.07) is 38.0. The van der Waals surface area contributed by atoms with Gasteiger partial charge in [-0.25, -0.2) is 4.99 Å². The summed E-state index contributed by atoms with van der Waals surface area (Å²) in [6.07, 6.45) is -8.08. The van der Waals surface area contributed by atoms with Crippen LogP contribution < -0.4 is 5.32 Å². The van der Waals surface area contributed by atoms with E-state index in [2.05, 4.69) is 10.3 Å². The fourth-order valence-corrected chi connectivity index (χ4v) is 7.01. The number of amidine groups is 1. The zero-order valence-electron chi connectivity index (χ0n) is 29.2. The third kappa shape index (κ3) is 8.62. The van der Waals surface area contributed by atoms with Crippen molar-refractivity contribution in [2.75, 3.05) is 13.2 Å². The van der Waals surface area contributed by atoms with Crippen LogP contribution in [-0.4, -0.2) is 100 Å². The number of rotatable bonds is 15. The Hall–Kier alpha value is -4.21. The van der Waals surface area contributed by atoms with Gasteiger partial charge in [-0.2, -0.15) is 0 Å². The molecule has 5 N–H and O–H groups in total. The first-order valence-electron chi connectivity index (χ1n) is 17.9. The van der Waals surface area contributed by atoms with Crippen molar-refractivity contribution in [2.45, 2.75) is 87.0 Å². The third-order valence-corrected chi connectivity index (χ3v) is 9.90. The van der Waals surface area contributed by atoms with Gasteiger partial charge in [-0.15, -0.1) is 0 Å². The normalized spacial score (nSPS) is 30.7. The number of nitrogens with one attached hydrogen (secondary N) is 1. The second-order valence-electron chi connectivity index (χ2n) is 13.6. The number of nitrogens with zero attached hydrogens (tertiary/aromatic N) is 1. The average molecular weight is 727 g/mol. The van der Waals surface area contributed by atoms with Crippen molar-refractivity contribution >= 4 is 6.02 Å². The Kier molecular flexibility index (Phi) is 12.1. The van der Waals surface area contributed by atoms with E-state index >= 15 is 0 Å². The number of aliphatic imine (C=N–C) groups is 1. The predicted octanol–water partition coefficient (Wildman–Crippen LogP) is 2.86. The molecule has 4 aromatic rings. The van der Waals surface area contributed by atoms with Gasteiger partial charge in [0.25, 0.3) is 6.02 Å². The standard InChI is InChI=1S/C41H46N2O10/c44-26-41(47)37-34(32(45)38(41)46)53-40(42-37)43-39-36(51-24-30-19-11-4-12-20-30)35(50-23-29-17-9-3-10-18-29)33(49-22-28-15-7-2-8-16-28)31(52-39)25-48-21-27-13-5-1-6-14-27/h1-20,31-39,44-47H,21-26H2,(H,42,43)/t31-,32-,33+,34-,35+,36-,37-,38+,39+,41+/m1/s1. The predicted molar refractivity (Wildman–Crippen MR) is 193 cm³/mol. The number of benzene rings is 4. The molecule has 0 spiro atoms. The average Bonchev–Trinajstić information content (AvgIpc) is 3.70. The highest BCUT2D eigenvalue weighted by Crippen LogP contribution is 2.39. The van der Waals surface area contributed by atoms with Gasteiger partial charge in [0.2, 0.25) is 0 Å².